The van der Waals surface area contributed by atoms with Gasteiger partial charge in [-0.2, -0.15) is 0 Å². The summed E-state index contributed by atoms with van der Waals surface area (Å²) in [5.41, 5.74) is 2.21. The Morgan fingerprint density at radius 1 is 1.56 bits per heavy atom. The number of rotatable bonds is 6. The number of likely N-dealkylation sites (tertiary alicyclic amines) is 1. The van der Waals surface area contributed by atoms with Crippen molar-refractivity contribution in [1.82, 2.24) is 15.2 Å². The Morgan fingerprint density at radius 3 is 2.67 bits per heavy atom. The van der Waals surface area contributed by atoms with Gasteiger partial charge in [-0.25, -0.2) is 5.84 Å². The fourth-order valence-electron chi connectivity index (χ4n) is 2.44. The molecule has 0 aliphatic carbocycles. The van der Waals surface area contributed by atoms with Crippen molar-refractivity contribution in [3.05, 3.63) is 0 Å². The van der Waals surface area contributed by atoms with Gasteiger partial charge in [0.1, 0.15) is 6.04 Å². The lowest BCUT2D eigenvalue weighted by atomic mass is 9.96. The van der Waals surface area contributed by atoms with Crippen LogP contribution in [0.2, 0.25) is 0 Å². The summed E-state index contributed by atoms with van der Waals surface area (Å²) in [7, 11) is 5.70. The molecule has 18 heavy (non-hydrogen) atoms. The third kappa shape index (κ3) is 4.53. The van der Waals surface area contributed by atoms with Crippen LogP contribution in [0.3, 0.4) is 0 Å². The monoisotopic (exact) mass is 258 g/mol. The normalized spacial score (nSPS) is 20.1. The summed E-state index contributed by atoms with van der Waals surface area (Å²) in [4.78, 5) is 16.1. The molecule has 1 rings (SSSR count). The number of hydrazine groups is 1. The molecular weight excluding hydrogens is 232 g/mol. The predicted octanol–water partition coefficient (Wildman–Crippen LogP) is -0.735. The molecule has 0 aromatic rings. The molecule has 1 heterocycles. The Kier molecular flexibility index (Phi) is 6.56. The van der Waals surface area contributed by atoms with E-state index in [0.29, 0.717) is 12.5 Å². The first-order valence-electron chi connectivity index (χ1n) is 6.46. The number of carbonyl (C=O) groups excluding carboxylic acids is 1. The molecule has 6 nitrogen and oxygen atoms in total. The average Bonchev–Trinajstić information content (AvgIpc) is 2.37. The van der Waals surface area contributed by atoms with Crippen LogP contribution in [-0.2, 0) is 9.53 Å². The van der Waals surface area contributed by atoms with Gasteiger partial charge in [-0.05, 0) is 45.9 Å². The lowest BCUT2D eigenvalue weighted by molar-refractivity contribution is -0.128. The first kappa shape index (κ1) is 15.4. The van der Waals surface area contributed by atoms with E-state index in [1.165, 1.54) is 12.8 Å². The lowest BCUT2D eigenvalue weighted by Gasteiger charge is -2.34. The number of hydrogen-bond donors (Lipinski definition) is 2. The van der Waals surface area contributed by atoms with Crippen LogP contribution in [0.1, 0.15) is 12.8 Å². The minimum atomic E-state index is -0.306. The molecule has 0 saturated carbocycles. The fourth-order valence-corrected chi connectivity index (χ4v) is 2.44. The summed E-state index contributed by atoms with van der Waals surface area (Å²) < 4.78 is 5.09. The number of nitrogens with one attached hydrogen (secondary N) is 1. The molecular formula is C12H26N4O2. The fraction of sp³-hybridized carbons (Fsp3) is 0.917. The number of hydrogen-bond acceptors (Lipinski definition) is 5. The summed E-state index contributed by atoms with van der Waals surface area (Å²) in [6, 6.07) is -0.306. The first-order valence-corrected chi connectivity index (χ1v) is 6.46. The summed E-state index contributed by atoms with van der Waals surface area (Å²) in [6.45, 7) is 3.55. The van der Waals surface area contributed by atoms with Crippen LogP contribution >= 0.6 is 0 Å². The zero-order chi connectivity index (χ0) is 13.5. The van der Waals surface area contributed by atoms with Gasteiger partial charge >= 0.3 is 0 Å². The van der Waals surface area contributed by atoms with E-state index in [0.717, 1.165) is 19.6 Å². The molecule has 6 heteroatoms. The molecule has 106 valence electrons. The molecule has 0 radical (unpaired) electrons. The van der Waals surface area contributed by atoms with E-state index in [9.17, 15) is 4.79 Å². The molecule has 0 aromatic carbocycles. The van der Waals surface area contributed by atoms with Crippen molar-refractivity contribution in [3.8, 4) is 0 Å². The van der Waals surface area contributed by atoms with Crippen molar-refractivity contribution in [1.29, 1.82) is 0 Å². The highest BCUT2D eigenvalue weighted by Crippen LogP contribution is 2.17. The standard InChI is InChI=1S/C12H26N4O2/c1-15-6-4-10(5-7-15)8-16(2)11(9-18-3)12(17)14-13/h10-11H,4-9,13H2,1-3H3,(H,14,17). The van der Waals surface area contributed by atoms with E-state index < -0.39 is 0 Å². The Morgan fingerprint density at radius 2 is 2.17 bits per heavy atom. The van der Waals surface area contributed by atoms with Crippen LogP contribution in [0.4, 0.5) is 0 Å². The van der Waals surface area contributed by atoms with Crippen molar-refractivity contribution in [2.75, 3.05) is 47.4 Å². The summed E-state index contributed by atoms with van der Waals surface area (Å²) >= 11 is 0. The number of nitrogens with zero attached hydrogens (tertiary/aromatic N) is 2. The van der Waals surface area contributed by atoms with Crippen molar-refractivity contribution < 1.29 is 9.53 Å². The van der Waals surface area contributed by atoms with Gasteiger partial charge in [0.25, 0.3) is 5.91 Å². The topological polar surface area (TPSA) is 70.8 Å². The van der Waals surface area contributed by atoms with Crippen LogP contribution in [0.25, 0.3) is 0 Å². The SMILES string of the molecule is COCC(C(=O)NN)N(C)CC1CCN(C)CC1. The third-order valence-corrected chi connectivity index (χ3v) is 3.69. The maximum absolute atomic E-state index is 11.7. The minimum Gasteiger partial charge on any atom is -0.383 e. The highest BCUT2D eigenvalue weighted by atomic mass is 16.5. The van der Waals surface area contributed by atoms with Crippen molar-refractivity contribution in [2.45, 2.75) is 18.9 Å². The summed E-state index contributed by atoms with van der Waals surface area (Å²) in [5.74, 6) is 5.67. The van der Waals surface area contributed by atoms with Gasteiger partial charge in [-0.15, -0.1) is 0 Å². The molecule has 0 bridgehead atoms. The highest BCUT2D eigenvalue weighted by Gasteiger charge is 2.26. The highest BCUT2D eigenvalue weighted by molar-refractivity contribution is 5.81. The zero-order valence-corrected chi connectivity index (χ0v) is 11.7. The van der Waals surface area contributed by atoms with E-state index in [2.05, 4.69) is 17.4 Å². The molecule has 1 aliphatic rings. The number of methoxy groups -OCH3 is 1. The maximum Gasteiger partial charge on any atom is 0.253 e. The van der Waals surface area contributed by atoms with Crippen LogP contribution in [0.15, 0.2) is 0 Å². The molecule has 3 N–H and O–H groups in total. The number of ether oxygens (including phenoxy) is 1. The number of likely N-dealkylation sites (N-methyl/N-ethyl adjacent to an activating group) is 1. The smallest absolute Gasteiger partial charge is 0.253 e. The Balaban J connectivity index is 2.45. The van der Waals surface area contributed by atoms with Crippen LogP contribution in [-0.4, -0.2) is 69.2 Å². The van der Waals surface area contributed by atoms with Crippen LogP contribution < -0.4 is 11.3 Å². The first-order chi connectivity index (χ1) is 8.58. The predicted molar refractivity (Wildman–Crippen MR) is 70.8 cm³/mol. The Bertz CT molecular complexity index is 254. The van der Waals surface area contributed by atoms with Gasteiger partial charge in [0.15, 0.2) is 0 Å². The lowest BCUT2D eigenvalue weighted by Crippen LogP contribution is -2.51. The second kappa shape index (κ2) is 7.68. The van der Waals surface area contributed by atoms with Gasteiger partial charge in [-0.1, -0.05) is 0 Å². The number of nitrogens with two attached hydrogens (primary N) is 1. The van der Waals surface area contributed by atoms with E-state index in [-0.39, 0.29) is 11.9 Å². The minimum absolute atomic E-state index is 0.188. The summed E-state index contributed by atoms with van der Waals surface area (Å²) in [6.07, 6.45) is 2.37. The average molecular weight is 258 g/mol. The van der Waals surface area contributed by atoms with E-state index in [4.69, 9.17) is 10.6 Å². The van der Waals surface area contributed by atoms with Crippen molar-refractivity contribution in [3.63, 3.8) is 0 Å². The molecule has 1 atom stereocenters. The van der Waals surface area contributed by atoms with E-state index >= 15 is 0 Å². The van der Waals surface area contributed by atoms with Gasteiger partial charge in [0.05, 0.1) is 6.61 Å². The van der Waals surface area contributed by atoms with E-state index in [1.807, 2.05) is 11.9 Å². The van der Waals surface area contributed by atoms with Crippen LogP contribution in [0, 0.1) is 5.92 Å². The maximum atomic E-state index is 11.7. The molecule has 1 unspecified atom stereocenters. The van der Waals surface area contributed by atoms with E-state index in [1.54, 1.807) is 7.11 Å². The van der Waals surface area contributed by atoms with Crippen molar-refractivity contribution >= 4 is 5.91 Å². The molecule has 0 spiro atoms. The number of carbonyl (C=O) groups is 1. The molecule has 0 aromatic heterocycles. The number of amides is 1. The number of piperidine rings is 1. The van der Waals surface area contributed by atoms with Gasteiger partial charge in [0, 0.05) is 13.7 Å². The third-order valence-electron chi connectivity index (χ3n) is 3.69. The van der Waals surface area contributed by atoms with Crippen LogP contribution in [0.5, 0.6) is 0 Å². The van der Waals surface area contributed by atoms with Gasteiger partial charge in [-0.3, -0.25) is 15.1 Å². The largest absolute Gasteiger partial charge is 0.383 e. The molecule has 1 aliphatic heterocycles. The second-order valence-corrected chi connectivity index (χ2v) is 5.17. The zero-order valence-electron chi connectivity index (χ0n) is 11.7. The Hall–Kier alpha value is -0.690. The van der Waals surface area contributed by atoms with Gasteiger partial charge < -0.3 is 9.64 Å². The Labute approximate surface area is 109 Å². The van der Waals surface area contributed by atoms with Gasteiger partial charge in [0.2, 0.25) is 0 Å². The molecule has 1 saturated heterocycles. The van der Waals surface area contributed by atoms with Crippen molar-refractivity contribution in [2.24, 2.45) is 11.8 Å². The molecule has 1 amide bonds. The quantitative estimate of drug-likeness (QED) is 0.373. The molecule has 1 fully saturated rings. The summed E-state index contributed by atoms with van der Waals surface area (Å²) in [5, 5.41) is 0. The second-order valence-electron chi connectivity index (χ2n) is 5.17.